The molecule has 0 nitrogen and oxygen atoms in total. The Balaban J connectivity index is 0.873. The van der Waals surface area contributed by atoms with Crippen LogP contribution < -0.4 is 0 Å². The molecule has 0 amide bonds. The van der Waals surface area contributed by atoms with Gasteiger partial charge in [0.25, 0.3) is 0 Å². The van der Waals surface area contributed by atoms with Crippen molar-refractivity contribution in [3.63, 3.8) is 0 Å². The maximum Gasteiger partial charge on any atom is 0.0235 e. The minimum Gasteiger partial charge on any atom is -0.120 e. The van der Waals surface area contributed by atoms with Gasteiger partial charge in [0.1, 0.15) is 0 Å². The van der Waals surface area contributed by atoms with Crippen molar-refractivity contribution in [3.05, 3.63) is 249 Å². The topological polar surface area (TPSA) is 0 Å². The predicted molar refractivity (Wildman–Crippen MR) is 283 cm³/mol. The highest BCUT2D eigenvalue weighted by molar-refractivity contribution is 8.02. The molecule has 4 aliphatic carbocycles. The number of hydrogen-bond donors (Lipinski definition) is 0. The third kappa shape index (κ3) is 7.29. The second kappa shape index (κ2) is 17.2. The molecular weight excluding hydrogens is 873 g/mol. The van der Waals surface area contributed by atoms with E-state index in [4.69, 9.17) is 0 Å². The van der Waals surface area contributed by atoms with Crippen molar-refractivity contribution < 1.29 is 0 Å². The Bertz CT molecular complexity index is 2950. The molecule has 0 spiro atoms. The van der Waals surface area contributed by atoms with Gasteiger partial charge in [0.05, 0.1) is 0 Å². The fourth-order valence-corrected chi connectivity index (χ4v) is 15.8. The Morgan fingerprint density at radius 2 is 0.470 bits per heavy atom. The molecular formula is C62H46S4. The van der Waals surface area contributed by atoms with Gasteiger partial charge < -0.3 is 0 Å². The molecule has 0 saturated carbocycles. The second-order valence-corrected chi connectivity index (χ2v) is 22.1. The predicted octanol–water partition coefficient (Wildman–Crippen LogP) is 17.1. The molecule has 0 bridgehead atoms. The van der Waals surface area contributed by atoms with Gasteiger partial charge >= 0.3 is 0 Å². The molecule has 4 aliphatic rings. The Labute approximate surface area is 405 Å². The van der Waals surface area contributed by atoms with E-state index in [2.05, 4.69) is 182 Å². The van der Waals surface area contributed by atoms with Crippen molar-refractivity contribution in [1.82, 2.24) is 0 Å². The first-order chi connectivity index (χ1) is 32.7. The highest BCUT2D eigenvalue weighted by Crippen LogP contribution is 2.49. The monoisotopic (exact) mass is 918 g/mol. The van der Waals surface area contributed by atoms with Crippen molar-refractivity contribution in [3.8, 4) is 44.5 Å². The van der Waals surface area contributed by atoms with Crippen LogP contribution >= 0.6 is 47.0 Å². The zero-order chi connectivity index (χ0) is 43.6. The molecule has 0 atom stereocenters. The molecule has 9 aromatic rings. The molecule has 0 unspecified atom stereocenters. The maximum absolute atomic E-state index is 2.58. The number of fused-ring (bicyclic) bond motifs is 12. The van der Waals surface area contributed by atoms with E-state index < -0.39 is 0 Å². The fraction of sp³-hybridized carbons (Fsp3) is 0.129. The van der Waals surface area contributed by atoms with E-state index in [1.165, 1.54) is 131 Å². The summed E-state index contributed by atoms with van der Waals surface area (Å²) >= 11 is 8.13. The second-order valence-electron chi connectivity index (χ2n) is 18.0. The van der Waals surface area contributed by atoms with Gasteiger partial charge in [-0.05, 0) is 149 Å². The minimum atomic E-state index is 0.943. The van der Waals surface area contributed by atoms with Crippen LogP contribution in [0.2, 0.25) is 0 Å². The number of benzene rings is 9. The van der Waals surface area contributed by atoms with Crippen molar-refractivity contribution in [1.29, 1.82) is 0 Å². The molecule has 0 aromatic heterocycles. The summed E-state index contributed by atoms with van der Waals surface area (Å²) in [5, 5.41) is 0. The summed E-state index contributed by atoms with van der Waals surface area (Å²) in [6.07, 6.45) is 4.06. The zero-order valence-electron chi connectivity index (χ0n) is 36.6. The van der Waals surface area contributed by atoms with Gasteiger partial charge in [-0.1, -0.05) is 170 Å². The largest absolute Gasteiger partial charge is 0.120 e. The smallest absolute Gasteiger partial charge is 0.0235 e. The highest BCUT2D eigenvalue weighted by atomic mass is 32.2. The van der Waals surface area contributed by atoms with Gasteiger partial charge in [-0.3, -0.25) is 0 Å². The van der Waals surface area contributed by atoms with Gasteiger partial charge in [0.15, 0.2) is 0 Å². The third-order valence-corrected chi connectivity index (χ3v) is 19.0. The molecule has 318 valence electrons. The van der Waals surface area contributed by atoms with Crippen molar-refractivity contribution in [2.45, 2.75) is 68.3 Å². The maximum atomic E-state index is 2.58. The molecule has 66 heavy (non-hydrogen) atoms. The number of hydrogen-bond acceptors (Lipinski definition) is 4. The van der Waals surface area contributed by atoms with Gasteiger partial charge in [-0.15, -0.1) is 47.0 Å². The SMILES string of the molecule is c1ccc2c(c1)Cc1c(CSc3cc(SCc4cccc5c4Cc4ccccc4-5)c(SCc4cccc5c4Cc4ccccc4-5)cc3SCc3cccc4c3Cc3ccccc3-4)cccc1-2. The normalized spacial score (nSPS) is 13.1. The molecule has 0 fully saturated rings. The van der Waals surface area contributed by atoms with Crippen LogP contribution in [-0.2, 0) is 48.7 Å². The van der Waals surface area contributed by atoms with E-state index in [-0.39, 0.29) is 0 Å². The number of rotatable bonds is 12. The van der Waals surface area contributed by atoms with E-state index in [0.29, 0.717) is 0 Å². The van der Waals surface area contributed by atoms with Gasteiger partial charge in [-0.2, -0.15) is 0 Å². The Morgan fingerprint density at radius 1 is 0.242 bits per heavy atom. The quantitative estimate of drug-likeness (QED) is 0.112. The van der Waals surface area contributed by atoms with Crippen molar-refractivity contribution in [2.75, 3.05) is 0 Å². The van der Waals surface area contributed by atoms with E-state index in [1.54, 1.807) is 0 Å². The van der Waals surface area contributed by atoms with Crippen LogP contribution in [0, 0.1) is 0 Å². The molecule has 0 N–H and O–H groups in total. The Hall–Kier alpha value is -5.62. The molecule has 0 saturated heterocycles. The van der Waals surface area contributed by atoms with Crippen LogP contribution in [0.25, 0.3) is 44.5 Å². The minimum absolute atomic E-state index is 0.943. The molecule has 0 radical (unpaired) electrons. The summed E-state index contributed by atoms with van der Waals surface area (Å²) in [5.41, 5.74) is 28.8. The van der Waals surface area contributed by atoms with Crippen LogP contribution in [0.15, 0.2) is 202 Å². The van der Waals surface area contributed by atoms with E-state index >= 15 is 0 Å². The summed E-state index contributed by atoms with van der Waals surface area (Å²) in [5.74, 6) is 3.77. The van der Waals surface area contributed by atoms with Crippen molar-refractivity contribution >= 4 is 47.0 Å². The standard InChI is InChI=1S/C62H46S4/c1-5-21-47-39(13-1)29-55-43(17-9-25-51(47)55)35-63-59-33-61(65-37-45-19-11-27-53-49-23-7-3-15-41(49)31-57(45)53)62(66-38-46-20-12-28-54-50-24-8-4-16-42(50)32-58(46)54)34-60(59)64-36-44-18-10-26-52-48-22-6-2-14-40(48)30-56(44)52/h1-28,33-34H,29-32,35-38H2. The summed E-state index contributed by atoms with van der Waals surface area (Å²) in [6.45, 7) is 0. The van der Waals surface area contributed by atoms with Crippen molar-refractivity contribution in [2.24, 2.45) is 0 Å². The molecule has 9 aromatic carbocycles. The first-order valence-electron chi connectivity index (χ1n) is 23.2. The van der Waals surface area contributed by atoms with E-state index in [9.17, 15) is 0 Å². The lowest BCUT2D eigenvalue weighted by atomic mass is 10.0. The summed E-state index contributed by atoms with van der Waals surface area (Å²) in [7, 11) is 0. The van der Waals surface area contributed by atoms with Gasteiger partial charge in [-0.25, -0.2) is 0 Å². The van der Waals surface area contributed by atoms with Crippen LogP contribution in [0.5, 0.6) is 0 Å². The van der Waals surface area contributed by atoms with E-state index in [1.807, 2.05) is 47.0 Å². The van der Waals surface area contributed by atoms with Gasteiger partial charge in [0, 0.05) is 42.6 Å². The zero-order valence-corrected chi connectivity index (χ0v) is 39.9. The third-order valence-electron chi connectivity index (χ3n) is 14.3. The fourth-order valence-electron chi connectivity index (χ4n) is 11.0. The first kappa shape index (κ1) is 40.6. The molecule has 4 heteroatoms. The Kier molecular flexibility index (Phi) is 10.6. The molecule has 13 rings (SSSR count). The van der Waals surface area contributed by atoms with Crippen LogP contribution in [-0.4, -0.2) is 0 Å². The van der Waals surface area contributed by atoms with Crippen LogP contribution in [0.1, 0.15) is 66.8 Å². The summed E-state index contributed by atoms with van der Waals surface area (Å²) < 4.78 is 0. The summed E-state index contributed by atoms with van der Waals surface area (Å²) in [6, 6.07) is 69.0. The Morgan fingerprint density at radius 3 is 0.727 bits per heavy atom. The highest BCUT2D eigenvalue weighted by Gasteiger charge is 2.26. The van der Waals surface area contributed by atoms with Crippen LogP contribution in [0.3, 0.4) is 0 Å². The first-order valence-corrected chi connectivity index (χ1v) is 27.1. The lowest BCUT2D eigenvalue weighted by Gasteiger charge is -2.18. The van der Waals surface area contributed by atoms with E-state index in [0.717, 1.165) is 48.7 Å². The van der Waals surface area contributed by atoms with Gasteiger partial charge in [0.2, 0.25) is 0 Å². The summed E-state index contributed by atoms with van der Waals surface area (Å²) in [4.78, 5) is 5.55. The van der Waals surface area contributed by atoms with Crippen LogP contribution in [0.4, 0.5) is 0 Å². The number of thioether (sulfide) groups is 4. The lowest BCUT2D eigenvalue weighted by molar-refractivity contribution is 1.08. The average molecular weight is 919 g/mol. The molecule has 0 aliphatic heterocycles. The average Bonchev–Trinajstić information content (AvgIpc) is 4.15. The lowest BCUT2D eigenvalue weighted by Crippen LogP contribution is -1.95. The molecule has 0 heterocycles.